The molecule has 0 fully saturated rings. The predicted molar refractivity (Wildman–Crippen MR) is 98.2 cm³/mol. The number of fused-ring (bicyclic) bond motifs is 1. The third-order valence-corrected chi connectivity index (χ3v) is 6.04. The summed E-state index contributed by atoms with van der Waals surface area (Å²) in [6.07, 6.45) is 1.40. The zero-order valence-electron chi connectivity index (χ0n) is 14.8. The van der Waals surface area contributed by atoms with Crippen LogP contribution in [0.3, 0.4) is 0 Å². The van der Waals surface area contributed by atoms with Gasteiger partial charge in [0.1, 0.15) is 11.6 Å². The number of carboxylic acids is 1. The van der Waals surface area contributed by atoms with Gasteiger partial charge in [0.15, 0.2) is 0 Å². The van der Waals surface area contributed by atoms with Crippen LogP contribution in [0.15, 0.2) is 47.5 Å². The molecule has 0 bridgehead atoms. The molecule has 0 spiro atoms. The van der Waals surface area contributed by atoms with Crippen LogP contribution in [0.5, 0.6) is 5.75 Å². The second-order valence-electron chi connectivity index (χ2n) is 6.14. The highest BCUT2D eigenvalue weighted by Crippen LogP contribution is 2.30. The van der Waals surface area contributed by atoms with Crippen LogP contribution in [0.4, 0.5) is 4.39 Å². The number of carboxylic acid groups (broad SMARTS) is 1. The maximum Gasteiger partial charge on any atom is 0.303 e. The molecule has 0 amide bonds. The van der Waals surface area contributed by atoms with Crippen LogP contribution in [-0.4, -0.2) is 30.6 Å². The first-order valence-electron chi connectivity index (χ1n) is 8.15. The van der Waals surface area contributed by atoms with E-state index in [0.29, 0.717) is 27.8 Å². The number of aryl methyl sites for hydroxylation is 2. The van der Waals surface area contributed by atoms with Gasteiger partial charge in [-0.05, 0) is 54.8 Å². The van der Waals surface area contributed by atoms with Crippen molar-refractivity contribution in [2.45, 2.75) is 24.7 Å². The average Bonchev–Trinajstić information content (AvgIpc) is 3.00. The van der Waals surface area contributed by atoms with Crippen molar-refractivity contribution in [2.24, 2.45) is 0 Å². The fourth-order valence-electron chi connectivity index (χ4n) is 2.86. The Morgan fingerprint density at radius 2 is 1.96 bits per heavy atom. The molecule has 0 aliphatic rings. The van der Waals surface area contributed by atoms with Crippen molar-refractivity contribution in [1.82, 2.24) is 3.97 Å². The van der Waals surface area contributed by atoms with Gasteiger partial charge in [0.2, 0.25) is 0 Å². The summed E-state index contributed by atoms with van der Waals surface area (Å²) in [5.41, 5.74) is 1.28. The van der Waals surface area contributed by atoms with E-state index < -0.39 is 21.8 Å². The highest BCUT2D eigenvalue weighted by molar-refractivity contribution is 7.90. The molecule has 6 nitrogen and oxygen atoms in total. The molecular formula is C19H18FNO5S. The van der Waals surface area contributed by atoms with Crippen molar-refractivity contribution in [1.29, 1.82) is 0 Å². The van der Waals surface area contributed by atoms with Gasteiger partial charge in [-0.15, -0.1) is 0 Å². The van der Waals surface area contributed by atoms with Gasteiger partial charge in [-0.25, -0.2) is 16.8 Å². The third kappa shape index (κ3) is 3.52. The summed E-state index contributed by atoms with van der Waals surface area (Å²) < 4.78 is 46.3. The first-order chi connectivity index (χ1) is 12.7. The van der Waals surface area contributed by atoms with Gasteiger partial charge >= 0.3 is 5.97 Å². The number of benzene rings is 2. The van der Waals surface area contributed by atoms with Crippen molar-refractivity contribution in [3.63, 3.8) is 0 Å². The third-order valence-electron chi connectivity index (χ3n) is 4.37. The van der Waals surface area contributed by atoms with Gasteiger partial charge < -0.3 is 9.84 Å². The number of hydrogen-bond acceptors (Lipinski definition) is 4. The molecule has 0 radical (unpaired) electrons. The van der Waals surface area contributed by atoms with Gasteiger partial charge in [-0.1, -0.05) is 6.07 Å². The quantitative estimate of drug-likeness (QED) is 0.696. The van der Waals surface area contributed by atoms with Crippen molar-refractivity contribution >= 4 is 26.9 Å². The molecule has 3 aromatic rings. The van der Waals surface area contributed by atoms with E-state index in [-0.39, 0.29) is 17.7 Å². The highest BCUT2D eigenvalue weighted by Gasteiger charge is 2.22. The highest BCUT2D eigenvalue weighted by atomic mass is 32.2. The molecule has 0 saturated heterocycles. The lowest BCUT2D eigenvalue weighted by Gasteiger charge is -2.09. The first-order valence-corrected chi connectivity index (χ1v) is 9.59. The largest absolute Gasteiger partial charge is 0.497 e. The van der Waals surface area contributed by atoms with E-state index in [1.54, 1.807) is 25.1 Å². The number of methoxy groups -OCH3 is 1. The Morgan fingerprint density at radius 3 is 2.59 bits per heavy atom. The van der Waals surface area contributed by atoms with Crippen molar-refractivity contribution in [3.05, 3.63) is 59.5 Å². The summed E-state index contributed by atoms with van der Waals surface area (Å²) in [5.74, 6) is -1.07. The number of halogens is 1. The minimum absolute atomic E-state index is 0.143. The van der Waals surface area contributed by atoms with E-state index in [2.05, 4.69) is 0 Å². The lowest BCUT2D eigenvalue weighted by Crippen LogP contribution is -2.12. The molecule has 8 heteroatoms. The maximum atomic E-state index is 13.9. The minimum Gasteiger partial charge on any atom is -0.497 e. The van der Waals surface area contributed by atoms with E-state index in [1.807, 2.05) is 0 Å². The van der Waals surface area contributed by atoms with Crippen molar-refractivity contribution in [3.8, 4) is 5.75 Å². The number of hydrogen-bond donors (Lipinski definition) is 1. The van der Waals surface area contributed by atoms with Crippen LogP contribution in [0.1, 0.15) is 17.5 Å². The summed E-state index contributed by atoms with van der Waals surface area (Å²) in [5, 5.41) is 9.53. The molecule has 1 heterocycles. The summed E-state index contributed by atoms with van der Waals surface area (Å²) >= 11 is 0. The SMILES string of the molecule is COc1ccc2c(c1)c(CCC(=O)O)cn2S(=O)(=O)c1ccc(C)c(F)c1. The topological polar surface area (TPSA) is 85.6 Å². The molecule has 0 atom stereocenters. The van der Waals surface area contributed by atoms with Crippen LogP contribution in [-0.2, 0) is 21.2 Å². The van der Waals surface area contributed by atoms with Crippen LogP contribution in [0.25, 0.3) is 10.9 Å². The fourth-order valence-corrected chi connectivity index (χ4v) is 4.26. The van der Waals surface area contributed by atoms with Gasteiger partial charge in [0.05, 0.1) is 17.5 Å². The van der Waals surface area contributed by atoms with Crippen LogP contribution in [0.2, 0.25) is 0 Å². The lowest BCUT2D eigenvalue weighted by atomic mass is 10.1. The van der Waals surface area contributed by atoms with Crippen molar-refractivity contribution < 1.29 is 27.4 Å². The molecule has 0 aliphatic carbocycles. The number of aromatic nitrogens is 1. The molecule has 0 unspecified atom stereocenters. The fraction of sp³-hybridized carbons (Fsp3) is 0.211. The Balaban J connectivity index is 2.20. The van der Waals surface area contributed by atoms with Crippen LogP contribution in [0, 0.1) is 12.7 Å². The maximum absolute atomic E-state index is 13.9. The standard InChI is InChI=1S/C19H18FNO5S/c1-12-3-6-15(10-17(12)20)27(24,25)21-11-13(4-8-19(22)23)16-9-14(26-2)5-7-18(16)21/h3,5-7,9-11H,4,8H2,1-2H3,(H,22,23). The zero-order valence-corrected chi connectivity index (χ0v) is 15.6. The predicted octanol–water partition coefficient (Wildman–Crippen LogP) is 3.35. The molecule has 0 aliphatic heterocycles. The van der Waals surface area contributed by atoms with E-state index in [0.717, 1.165) is 10.0 Å². The number of carbonyl (C=O) groups is 1. The Hall–Kier alpha value is -2.87. The molecule has 142 valence electrons. The monoisotopic (exact) mass is 391 g/mol. The molecule has 27 heavy (non-hydrogen) atoms. The molecule has 2 aromatic carbocycles. The summed E-state index contributed by atoms with van der Waals surface area (Å²) in [4.78, 5) is 10.8. The molecule has 1 N–H and O–H groups in total. The van der Waals surface area contributed by atoms with E-state index in [9.17, 15) is 17.6 Å². The average molecular weight is 391 g/mol. The minimum atomic E-state index is -4.05. The van der Waals surface area contributed by atoms with E-state index in [4.69, 9.17) is 9.84 Å². The number of aliphatic carboxylic acids is 1. The second-order valence-corrected chi connectivity index (χ2v) is 7.96. The van der Waals surface area contributed by atoms with Gasteiger partial charge in [0.25, 0.3) is 10.0 Å². The number of ether oxygens (including phenoxy) is 1. The lowest BCUT2D eigenvalue weighted by molar-refractivity contribution is -0.136. The van der Waals surface area contributed by atoms with Gasteiger partial charge in [-0.3, -0.25) is 4.79 Å². The number of rotatable bonds is 6. The van der Waals surface area contributed by atoms with Gasteiger partial charge in [-0.2, -0.15) is 0 Å². The molecular weight excluding hydrogens is 373 g/mol. The Bertz CT molecular complexity index is 1130. The second kappa shape index (κ2) is 7.03. The van der Waals surface area contributed by atoms with E-state index in [1.165, 1.54) is 25.4 Å². The molecule has 1 aromatic heterocycles. The van der Waals surface area contributed by atoms with Crippen LogP contribution >= 0.6 is 0 Å². The van der Waals surface area contributed by atoms with Gasteiger partial charge in [0, 0.05) is 18.0 Å². The molecule has 0 saturated carbocycles. The smallest absolute Gasteiger partial charge is 0.303 e. The normalized spacial score (nSPS) is 11.7. The Morgan fingerprint density at radius 1 is 1.22 bits per heavy atom. The number of nitrogens with zero attached hydrogens (tertiary/aromatic N) is 1. The van der Waals surface area contributed by atoms with E-state index >= 15 is 0 Å². The van der Waals surface area contributed by atoms with Crippen LogP contribution < -0.4 is 4.74 Å². The Kier molecular flexibility index (Phi) is 4.93. The van der Waals surface area contributed by atoms with Crippen molar-refractivity contribution in [2.75, 3.05) is 7.11 Å². The zero-order chi connectivity index (χ0) is 19.8. The summed E-state index contributed by atoms with van der Waals surface area (Å²) in [6.45, 7) is 1.55. The summed E-state index contributed by atoms with van der Waals surface area (Å²) in [6, 6.07) is 8.60. The summed E-state index contributed by atoms with van der Waals surface area (Å²) in [7, 11) is -2.57. The first kappa shape index (κ1) is 18.9. The molecule has 3 rings (SSSR count). The Labute approximate surface area is 155 Å².